The van der Waals surface area contributed by atoms with Gasteiger partial charge in [-0.25, -0.2) is 4.79 Å². The first-order chi connectivity index (χ1) is 9.34. The number of hydrogen-bond donors (Lipinski definition) is 1. The Morgan fingerprint density at radius 2 is 1.79 bits per heavy atom. The second-order valence-corrected chi connectivity index (χ2v) is 4.26. The molecule has 0 atom stereocenters. The third-order valence-corrected chi connectivity index (χ3v) is 2.96. The number of aromatic nitrogens is 2. The zero-order chi connectivity index (χ0) is 13.1. The van der Waals surface area contributed by atoms with E-state index in [0.717, 1.165) is 16.5 Å². The Morgan fingerprint density at radius 3 is 2.63 bits per heavy atom. The van der Waals surface area contributed by atoms with E-state index >= 15 is 0 Å². The molecular weight excluding hydrogens is 238 g/mol. The summed E-state index contributed by atoms with van der Waals surface area (Å²) in [5, 5.41) is 7.92. The van der Waals surface area contributed by atoms with Crippen LogP contribution in [0.5, 0.6) is 0 Å². The highest BCUT2D eigenvalue weighted by Gasteiger charge is 2.09. The lowest BCUT2D eigenvalue weighted by Crippen LogP contribution is -2.28. The molecule has 0 fully saturated rings. The van der Waals surface area contributed by atoms with Gasteiger partial charge in [0.15, 0.2) is 0 Å². The quantitative estimate of drug-likeness (QED) is 0.761. The van der Waals surface area contributed by atoms with Gasteiger partial charge in [0, 0.05) is 11.9 Å². The first-order valence-electron chi connectivity index (χ1n) is 6.09. The zero-order valence-corrected chi connectivity index (χ0v) is 10.3. The summed E-state index contributed by atoms with van der Waals surface area (Å²) < 4.78 is 1.39. The van der Waals surface area contributed by atoms with Gasteiger partial charge in [-0.1, -0.05) is 48.5 Å². The van der Waals surface area contributed by atoms with Crippen molar-refractivity contribution >= 4 is 16.9 Å². The molecule has 1 amide bonds. The number of amides is 1. The SMILES string of the molecule is O=C(NCc1ccccc1)n1ncc2ccccc21. The molecule has 0 aliphatic carbocycles. The number of carbonyl (C=O) groups is 1. The summed E-state index contributed by atoms with van der Waals surface area (Å²) in [5.74, 6) is 0. The predicted molar refractivity (Wildman–Crippen MR) is 73.8 cm³/mol. The van der Waals surface area contributed by atoms with E-state index in [1.807, 2.05) is 54.6 Å². The van der Waals surface area contributed by atoms with E-state index in [1.54, 1.807) is 6.20 Å². The van der Waals surface area contributed by atoms with Gasteiger partial charge in [-0.15, -0.1) is 0 Å². The molecule has 2 aromatic carbocycles. The third-order valence-electron chi connectivity index (χ3n) is 2.96. The number of nitrogens with one attached hydrogen (secondary N) is 1. The van der Waals surface area contributed by atoms with Gasteiger partial charge in [0.25, 0.3) is 0 Å². The number of benzene rings is 2. The van der Waals surface area contributed by atoms with Crippen molar-refractivity contribution < 1.29 is 4.79 Å². The average Bonchev–Trinajstić information content (AvgIpc) is 2.90. The van der Waals surface area contributed by atoms with E-state index in [2.05, 4.69) is 10.4 Å². The van der Waals surface area contributed by atoms with Crippen molar-refractivity contribution in [1.29, 1.82) is 0 Å². The smallest absolute Gasteiger partial charge is 0.332 e. The van der Waals surface area contributed by atoms with E-state index in [1.165, 1.54) is 4.68 Å². The highest BCUT2D eigenvalue weighted by molar-refractivity contribution is 5.89. The van der Waals surface area contributed by atoms with Gasteiger partial charge in [-0.05, 0) is 11.6 Å². The Kier molecular flexibility index (Phi) is 2.98. The summed E-state index contributed by atoms with van der Waals surface area (Å²) in [6.07, 6.45) is 1.69. The lowest BCUT2D eigenvalue weighted by Gasteiger charge is -2.05. The van der Waals surface area contributed by atoms with Crippen LogP contribution in [0.15, 0.2) is 60.8 Å². The molecule has 1 N–H and O–H groups in total. The number of nitrogens with zero attached hydrogens (tertiary/aromatic N) is 2. The van der Waals surface area contributed by atoms with Gasteiger partial charge in [-0.2, -0.15) is 9.78 Å². The monoisotopic (exact) mass is 251 g/mol. The molecule has 3 aromatic rings. The lowest BCUT2D eigenvalue weighted by atomic mass is 10.2. The second-order valence-electron chi connectivity index (χ2n) is 4.26. The Labute approximate surface area is 110 Å². The fourth-order valence-corrected chi connectivity index (χ4v) is 1.98. The van der Waals surface area contributed by atoms with Crippen molar-refractivity contribution in [3.63, 3.8) is 0 Å². The standard InChI is InChI=1S/C15H13N3O/c19-15(16-10-12-6-2-1-3-7-12)18-14-9-5-4-8-13(14)11-17-18/h1-9,11H,10H2,(H,16,19). The Bertz CT molecular complexity index is 703. The Hall–Kier alpha value is -2.62. The number of hydrogen-bond acceptors (Lipinski definition) is 2. The van der Waals surface area contributed by atoms with Crippen LogP contribution in [-0.2, 0) is 6.54 Å². The van der Waals surface area contributed by atoms with E-state index in [9.17, 15) is 4.79 Å². The number of rotatable bonds is 2. The average molecular weight is 251 g/mol. The number of fused-ring (bicyclic) bond motifs is 1. The van der Waals surface area contributed by atoms with Crippen LogP contribution in [0.25, 0.3) is 10.9 Å². The van der Waals surface area contributed by atoms with Crippen LogP contribution in [-0.4, -0.2) is 15.8 Å². The fraction of sp³-hybridized carbons (Fsp3) is 0.0667. The van der Waals surface area contributed by atoms with E-state index in [0.29, 0.717) is 6.54 Å². The van der Waals surface area contributed by atoms with Crippen LogP contribution >= 0.6 is 0 Å². The van der Waals surface area contributed by atoms with Gasteiger partial charge in [0.1, 0.15) is 0 Å². The molecule has 94 valence electrons. The maximum absolute atomic E-state index is 12.1. The van der Waals surface area contributed by atoms with Gasteiger partial charge >= 0.3 is 6.03 Å². The van der Waals surface area contributed by atoms with Crippen LogP contribution in [0.1, 0.15) is 5.56 Å². The summed E-state index contributed by atoms with van der Waals surface area (Å²) in [5.41, 5.74) is 1.88. The molecule has 0 aliphatic heterocycles. The van der Waals surface area contributed by atoms with Crippen molar-refractivity contribution in [3.8, 4) is 0 Å². The molecule has 0 aliphatic rings. The predicted octanol–water partition coefficient (Wildman–Crippen LogP) is 2.79. The molecule has 0 saturated carbocycles. The first kappa shape index (κ1) is 11.5. The van der Waals surface area contributed by atoms with Crippen molar-refractivity contribution in [1.82, 2.24) is 15.1 Å². The Morgan fingerprint density at radius 1 is 1.05 bits per heavy atom. The van der Waals surface area contributed by atoms with Crippen molar-refractivity contribution in [2.45, 2.75) is 6.54 Å². The number of para-hydroxylation sites is 1. The summed E-state index contributed by atoms with van der Waals surface area (Å²) in [6, 6.07) is 17.2. The fourth-order valence-electron chi connectivity index (χ4n) is 1.98. The van der Waals surface area contributed by atoms with Gasteiger partial charge < -0.3 is 5.32 Å². The van der Waals surface area contributed by atoms with E-state index in [-0.39, 0.29) is 6.03 Å². The van der Waals surface area contributed by atoms with E-state index < -0.39 is 0 Å². The molecule has 4 nitrogen and oxygen atoms in total. The van der Waals surface area contributed by atoms with Gasteiger partial charge in [0.2, 0.25) is 0 Å². The summed E-state index contributed by atoms with van der Waals surface area (Å²) in [4.78, 5) is 12.1. The topological polar surface area (TPSA) is 46.9 Å². The minimum absolute atomic E-state index is 0.218. The molecule has 1 heterocycles. The van der Waals surface area contributed by atoms with Crippen molar-refractivity contribution in [3.05, 3.63) is 66.4 Å². The molecular formula is C15H13N3O. The molecule has 0 saturated heterocycles. The van der Waals surface area contributed by atoms with Crippen molar-refractivity contribution in [2.24, 2.45) is 0 Å². The third kappa shape index (κ3) is 2.33. The maximum atomic E-state index is 12.1. The Balaban J connectivity index is 1.77. The van der Waals surface area contributed by atoms with Crippen LogP contribution in [0.2, 0.25) is 0 Å². The molecule has 1 aromatic heterocycles. The van der Waals surface area contributed by atoms with Crippen molar-refractivity contribution in [2.75, 3.05) is 0 Å². The second kappa shape index (κ2) is 4.94. The van der Waals surface area contributed by atoms with Gasteiger partial charge in [-0.3, -0.25) is 0 Å². The molecule has 3 rings (SSSR count). The van der Waals surface area contributed by atoms with Crippen LogP contribution in [0.4, 0.5) is 4.79 Å². The maximum Gasteiger partial charge on any atom is 0.342 e. The first-order valence-corrected chi connectivity index (χ1v) is 6.09. The zero-order valence-electron chi connectivity index (χ0n) is 10.3. The minimum Gasteiger partial charge on any atom is -0.332 e. The molecule has 0 bridgehead atoms. The van der Waals surface area contributed by atoms with Crippen LogP contribution in [0, 0.1) is 0 Å². The van der Waals surface area contributed by atoms with Crippen LogP contribution < -0.4 is 5.32 Å². The van der Waals surface area contributed by atoms with E-state index in [4.69, 9.17) is 0 Å². The number of carbonyl (C=O) groups excluding carboxylic acids is 1. The lowest BCUT2D eigenvalue weighted by molar-refractivity contribution is 0.240. The highest BCUT2D eigenvalue weighted by Crippen LogP contribution is 2.12. The molecule has 0 radical (unpaired) electrons. The molecule has 0 spiro atoms. The summed E-state index contributed by atoms with van der Waals surface area (Å²) >= 11 is 0. The molecule has 4 heteroatoms. The summed E-state index contributed by atoms with van der Waals surface area (Å²) in [6.45, 7) is 0.494. The highest BCUT2D eigenvalue weighted by atomic mass is 16.2. The molecule has 19 heavy (non-hydrogen) atoms. The summed E-state index contributed by atoms with van der Waals surface area (Å²) in [7, 11) is 0. The minimum atomic E-state index is -0.218. The van der Waals surface area contributed by atoms with Crippen LogP contribution in [0.3, 0.4) is 0 Å². The molecule has 0 unspecified atom stereocenters. The van der Waals surface area contributed by atoms with Gasteiger partial charge in [0.05, 0.1) is 11.7 Å². The largest absolute Gasteiger partial charge is 0.342 e. The normalized spacial score (nSPS) is 10.5.